The fraction of sp³-hybridized carbons (Fsp3) is 1.00. The van der Waals surface area contributed by atoms with Crippen molar-refractivity contribution in [3.63, 3.8) is 0 Å². The molecule has 0 aromatic heterocycles. The third-order valence-corrected chi connectivity index (χ3v) is 3.56. The van der Waals surface area contributed by atoms with E-state index in [9.17, 15) is 0 Å². The van der Waals surface area contributed by atoms with Crippen LogP contribution in [0.15, 0.2) is 0 Å². The van der Waals surface area contributed by atoms with Crippen LogP contribution in [0.4, 0.5) is 0 Å². The average Bonchev–Trinajstić information content (AvgIpc) is 2.50. The predicted octanol–water partition coefficient (Wildman–Crippen LogP) is 7.98. The maximum Gasteiger partial charge on any atom is 0.0518 e. The molecule has 1 saturated carbocycles. The normalized spacial score (nSPS) is 21.3. The second-order valence-corrected chi connectivity index (χ2v) is 6.85. The van der Waals surface area contributed by atoms with E-state index in [1.165, 1.54) is 38.5 Å². The molecule has 0 spiro atoms. The van der Waals surface area contributed by atoms with Gasteiger partial charge in [0.1, 0.15) is 0 Å². The highest BCUT2D eigenvalue weighted by atomic mass is 16.5. The van der Waals surface area contributed by atoms with Crippen LogP contribution in [0, 0.1) is 17.8 Å². The minimum absolute atomic E-state index is 0. The van der Waals surface area contributed by atoms with Crippen molar-refractivity contribution in [3.8, 4) is 0 Å². The van der Waals surface area contributed by atoms with E-state index >= 15 is 0 Å². The van der Waals surface area contributed by atoms with Gasteiger partial charge in [0, 0.05) is 8.03 Å². The highest BCUT2D eigenvalue weighted by Crippen LogP contribution is 2.25. The average molecular weight is 319 g/mol. The van der Waals surface area contributed by atoms with Crippen molar-refractivity contribution in [2.24, 2.45) is 17.8 Å². The number of hydrogen-bond acceptors (Lipinski definition) is 1. The fourth-order valence-corrected chi connectivity index (χ4v) is 2.23. The molecule has 1 fully saturated rings. The quantitative estimate of drug-likeness (QED) is 0.512. The molecule has 0 heterocycles. The molecule has 1 aliphatic rings. The topological polar surface area (TPSA) is 9.23 Å². The van der Waals surface area contributed by atoms with E-state index in [0.29, 0.717) is 12.0 Å². The zero-order chi connectivity index (χ0) is 18.0. The van der Waals surface area contributed by atoms with Crippen LogP contribution < -0.4 is 0 Å². The van der Waals surface area contributed by atoms with Gasteiger partial charge in [0.2, 0.25) is 0 Å². The van der Waals surface area contributed by atoms with E-state index in [4.69, 9.17) is 4.74 Å². The second-order valence-electron chi connectivity index (χ2n) is 6.85. The summed E-state index contributed by atoms with van der Waals surface area (Å²) in [6.45, 7) is 22.1. The van der Waals surface area contributed by atoms with Gasteiger partial charge in [0.05, 0.1) is 6.10 Å². The minimum Gasteiger partial charge on any atom is -0.379 e. The first-order valence-corrected chi connectivity index (χ1v) is 10.0. The molecular formula is C21H50O. The maximum atomic E-state index is 5.30. The lowest BCUT2D eigenvalue weighted by molar-refractivity contribution is 0.0593. The van der Waals surface area contributed by atoms with Gasteiger partial charge in [0.25, 0.3) is 0 Å². The van der Waals surface area contributed by atoms with Gasteiger partial charge in [-0.25, -0.2) is 0 Å². The van der Waals surface area contributed by atoms with E-state index in [1.54, 1.807) is 0 Å². The van der Waals surface area contributed by atoms with Crippen LogP contribution in [0.1, 0.15) is 109 Å². The summed E-state index contributed by atoms with van der Waals surface area (Å²) in [6.07, 6.45) is 9.25. The second kappa shape index (κ2) is 21.0. The zero-order valence-corrected chi connectivity index (χ0v) is 17.7. The molecule has 2 unspecified atom stereocenters. The lowest BCUT2D eigenvalue weighted by Gasteiger charge is -2.19. The Kier molecular flexibility index (Phi) is 25.6. The first kappa shape index (κ1) is 26.8. The molecule has 0 saturated heterocycles. The van der Waals surface area contributed by atoms with Gasteiger partial charge in [-0.2, -0.15) is 0 Å². The summed E-state index contributed by atoms with van der Waals surface area (Å²) in [5, 5.41) is 0. The first-order valence-electron chi connectivity index (χ1n) is 10.0. The number of hydrogen-bond donors (Lipinski definition) is 0. The lowest BCUT2D eigenvalue weighted by Crippen LogP contribution is -2.08. The largest absolute Gasteiger partial charge is 0.379 e. The van der Waals surface area contributed by atoms with Crippen molar-refractivity contribution in [2.75, 3.05) is 6.61 Å². The lowest BCUT2D eigenvalue weighted by atomic mass is 9.87. The Morgan fingerprint density at radius 1 is 0.773 bits per heavy atom. The molecule has 2 atom stereocenters. The Bertz CT molecular complexity index is 161. The van der Waals surface area contributed by atoms with Crippen molar-refractivity contribution in [1.82, 2.24) is 0 Å². The molecule has 0 N–H and O–H groups in total. The van der Waals surface area contributed by atoms with Crippen molar-refractivity contribution in [2.45, 2.75) is 114 Å². The van der Waals surface area contributed by atoms with E-state index < -0.39 is 0 Å². The van der Waals surface area contributed by atoms with Gasteiger partial charge in [-0.15, -0.1) is 0 Å². The molecule has 140 valence electrons. The fourth-order valence-electron chi connectivity index (χ4n) is 2.23. The SMILES string of the molecule is CC.CC.CC(C)COC(C)C.CC1CCCCC(C)CC1.[HH]. The van der Waals surface area contributed by atoms with Crippen LogP contribution in [0.3, 0.4) is 0 Å². The number of ether oxygens (including phenoxy) is 1. The van der Waals surface area contributed by atoms with Crippen LogP contribution in [0.5, 0.6) is 0 Å². The molecule has 0 aliphatic heterocycles. The Balaban J connectivity index is -0.000000126. The Morgan fingerprint density at radius 2 is 1.14 bits per heavy atom. The zero-order valence-electron chi connectivity index (χ0n) is 17.7. The highest BCUT2D eigenvalue weighted by Gasteiger charge is 2.10. The third-order valence-electron chi connectivity index (χ3n) is 3.56. The summed E-state index contributed by atoms with van der Waals surface area (Å²) in [6, 6.07) is 0. The summed E-state index contributed by atoms with van der Waals surface area (Å²) < 4.78 is 5.30. The van der Waals surface area contributed by atoms with Gasteiger partial charge >= 0.3 is 0 Å². The van der Waals surface area contributed by atoms with Crippen molar-refractivity contribution < 1.29 is 6.16 Å². The Hall–Kier alpha value is -0.0400. The molecule has 1 heteroatoms. The summed E-state index contributed by atoms with van der Waals surface area (Å²) >= 11 is 0. The minimum atomic E-state index is 0. The van der Waals surface area contributed by atoms with E-state index in [-0.39, 0.29) is 1.43 Å². The smallest absolute Gasteiger partial charge is 0.0518 e. The Labute approximate surface area is 145 Å². The molecule has 1 aliphatic carbocycles. The summed E-state index contributed by atoms with van der Waals surface area (Å²) in [5.74, 6) is 2.67. The summed E-state index contributed by atoms with van der Waals surface area (Å²) in [5.41, 5.74) is 0. The van der Waals surface area contributed by atoms with Crippen LogP contribution in [0.25, 0.3) is 0 Å². The van der Waals surface area contributed by atoms with Gasteiger partial charge < -0.3 is 4.74 Å². The van der Waals surface area contributed by atoms with Crippen LogP contribution in [-0.4, -0.2) is 12.7 Å². The Morgan fingerprint density at radius 3 is 1.36 bits per heavy atom. The molecule has 0 aromatic rings. The summed E-state index contributed by atoms with van der Waals surface area (Å²) in [4.78, 5) is 0. The standard InChI is InChI=1S/C10H20.C7H16O.2C2H6.H2/c1-9-5-3-4-6-10(2)8-7-9;1-6(2)5-8-7(3)4;2*1-2;/h9-10H,3-8H2,1-2H3;6-7H,5H2,1-4H3;2*1-2H3;1H. The van der Waals surface area contributed by atoms with E-state index in [2.05, 4.69) is 41.5 Å². The highest BCUT2D eigenvalue weighted by molar-refractivity contribution is 4.63. The van der Waals surface area contributed by atoms with Crippen molar-refractivity contribution >= 4 is 0 Å². The molecule has 0 bridgehead atoms. The van der Waals surface area contributed by atoms with Crippen molar-refractivity contribution in [3.05, 3.63) is 0 Å². The molecule has 0 radical (unpaired) electrons. The van der Waals surface area contributed by atoms with Crippen molar-refractivity contribution in [1.29, 1.82) is 0 Å². The molecular weight excluding hydrogens is 268 g/mol. The van der Waals surface area contributed by atoms with Gasteiger partial charge in [-0.3, -0.25) is 0 Å². The molecule has 22 heavy (non-hydrogen) atoms. The summed E-state index contributed by atoms with van der Waals surface area (Å²) in [7, 11) is 0. The van der Waals surface area contributed by atoms with Gasteiger partial charge in [0.15, 0.2) is 0 Å². The molecule has 0 aromatic carbocycles. The van der Waals surface area contributed by atoms with E-state index in [0.717, 1.165) is 18.4 Å². The monoisotopic (exact) mass is 318 g/mol. The molecule has 1 rings (SSSR count). The maximum absolute atomic E-state index is 5.30. The first-order chi connectivity index (χ1) is 10.4. The van der Waals surface area contributed by atoms with Crippen LogP contribution in [0.2, 0.25) is 0 Å². The van der Waals surface area contributed by atoms with Gasteiger partial charge in [-0.05, 0) is 31.6 Å². The number of rotatable bonds is 3. The van der Waals surface area contributed by atoms with Crippen LogP contribution in [-0.2, 0) is 4.74 Å². The van der Waals surface area contributed by atoms with E-state index in [1.807, 2.05) is 27.7 Å². The van der Waals surface area contributed by atoms with Gasteiger partial charge in [-0.1, -0.05) is 93.9 Å². The molecule has 0 amide bonds. The van der Waals surface area contributed by atoms with Crippen LogP contribution >= 0.6 is 0 Å². The predicted molar refractivity (Wildman–Crippen MR) is 107 cm³/mol. The third kappa shape index (κ3) is 24.9. The molecule has 1 nitrogen and oxygen atoms in total.